The fourth-order valence-corrected chi connectivity index (χ4v) is 1.34. The largest absolute Gasteiger partial charge is 0.490 e. The summed E-state index contributed by atoms with van der Waals surface area (Å²) in [6.07, 6.45) is 3.89. The number of allylic oxidation sites excluding steroid dienone is 1. The Morgan fingerprint density at radius 1 is 1.47 bits per heavy atom. The average Bonchev–Trinajstić information content (AvgIpc) is 2.25. The van der Waals surface area contributed by atoms with E-state index in [4.69, 9.17) is 4.74 Å². The van der Waals surface area contributed by atoms with Gasteiger partial charge in [0, 0.05) is 10.9 Å². The van der Waals surface area contributed by atoms with Crippen LogP contribution in [0, 0.1) is 0 Å². The molecule has 1 aromatic rings. The Balaban J connectivity index is 2.58. The summed E-state index contributed by atoms with van der Waals surface area (Å²) in [5.41, 5.74) is 0.678. The molecule has 1 aromatic carbocycles. The molecule has 0 saturated heterocycles. The molecule has 15 heavy (non-hydrogen) atoms. The summed E-state index contributed by atoms with van der Waals surface area (Å²) >= 11 is 3.28. The van der Waals surface area contributed by atoms with Crippen molar-refractivity contribution in [2.45, 2.75) is 6.92 Å². The number of ketones is 1. The fourth-order valence-electron chi connectivity index (χ4n) is 1.08. The molecule has 1 rings (SSSR count). The van der Waals surface area contributed by atoms with Gasteiger partial charge in [0.05, 0.1) is 0 Å². The normalized spacial score (nSPS) is 10.5. The number of alkyl halides is 1. The van der Waals surface area contributed by atoms with Crippen molar-refractivity contribution in [3.05, 3.63) is 42.0 Å². The maximum atomic E-state index is 11.1. The van der Waals surface area contributed by atoms with Gasteiger partial charge in [-0.1, -0.05) is 40.2 Å². The van der Waals surface area contributed by atoms with E-state index in [1.165, 1.54) is 0 Å². The van der Waals surface area contributed by atoms with Crippen LogP contribution >= 0.6 is 15.9 Å². The van der Waals surface area contributed by atoms with E-state index in [-0.39, 0.29) is 5.78 Å². The minimum absolute atomic E-state index is 0.0523. The monoisotopic (exact) mass is 268 g/mol. The minimum Gasteiger partial charge on any atom is -0.490 e. The van der Waals surface area contributed by atoms with Crippen LogP contribution in [0.25, 0.3) is 0 Å². The molecule has 0 aliphatic rings. The summed E-state index contributed by atoms with van der Waals surface area (Å²) in [4.78, 5) is 11.1. The van der Waals surface area contributed by atoms with E-state index in [2.05, 4.69) is 15.9 Å². The highest BCUT2D eigenvalue weighted by atomic mass is 79.9. The molecule has 0 bridgehead atoms. The number of hydrogen-bond donors (Lipinski definition) is 0. The third-order valence-corrected chi connectivity index (χ3v) is 2.22. The average molecular weight is 269 g/mol. The number of rotatable bonds is 5. The molecular formula is C12H13BrO2. The first kappa shape index (κ1) is 12.0. The third-order valence-electron chi connectivity index (χ3n) is 1.84. The van der Waals surface area contributed by atoms with Gasteiger partial charge >= 0.3 is 0 Å². The zero-order valence-electron chi connectivity index (χ0n) is 8.57. The van der Waals surface area contributed by atoms with Crippen molar-refractivity contribution in [3.63, 3.8) is 0 Å². The number of carbonyl (C=O) groups is 1. The minimum atomic E-state index is 0.0523. The van der Waals surface area contributed by atoms with Crippen molar-refractivity contribution < 1.29 is 9.53 Å². The van der Waals surface area contributed by atoms with Crippen molar-refractivity contribution in [3.8, 4) is 5.75 Å². The van der Waals surface area contributed by atoms with Crippen molar-refractivity contribution in [1.82, 2.24) is 0 Å². The number of carbonyl (C=O) groups excluding carboxylic acids is 1. The summed E-state index contributed by atoms with van der Waals surface area (Å²) in [6, 6.07) is 7.20. The van der Waals surface area contributed by atoms with Crippen molar-refractivity contribution in [1.29, 1.82) is 0 Å². The summed E-state index contributed by atoms with van der Waals surface area (Å²) in [7, 11) is 0. The first-order chi connectivity index (χ1) is 7.24. The summed E-state index contributed by atoms with van der Waals surface area (Å²) in [5, 5.41) is 0.823. The second-order valence-electron chi connectivity index (χ2n) is 3.02. The molecule has 0 unspecified atom stereocenters. The van der Waals surface area contributed by atoms with E-state index in [9.17, 15) is 4.79 Å². The Labute approximate surface area is 98.1 Å². The van der Waals surface area contributed by atoms with Gasteiger partial charge in [-0.2, -0.15) is 0 Å². The Morgan fingerprint density at radius 3 is 2.93 bits per heavy atom. The van der Waals surface area contributed by atoms with E-state index in [1.807, 2.05) is 24.3 Å². The SMILES string of the molecule is CC(=O)c1cccc(OC/C=C/CBr)c1. The zero-order valence-corrected chi connectivity index (χ0v) is 10.2. The highest BCUT2D eigenvalue weighted by Gasteiger charge is 1.99. The lowest BCUT2D eigenvalue weighted by Gasteiger charge is -2.03. The zero-order chi connectivity index (χ0) is 11.1. The lowest BCUT2D eigenvalue weighted by molar-refractivity contribution is 0.101. The Hall–Kier alpha value is -1.09. The maximum absolute atomic E-state index is 11.1. The van der Waals surface area contributed by atoms with E-state index < -0.39 is 0 Å². The van der Waals surface area contributed by atoms with E-state index in [1.54, 1.807) is 19.1 Å². The van der Waals surface area contributed by atoms with Gasteiger partial charge < -0.3 is 4.74 Å². The van der Waals surface area contributed by atoms with Crippen LogP contribution in [0.4, 0.5) is 0 Å². The quantitative estimate of drug-likeness (QED) is 0.466. The van der Waals surface area contributed by atoms with Gasteiger partial charge in [0.1, 0.15) is 12.4 Å². The van der Waals surface area contributed by atoms with E-state index in [0.29, 0.717) is 12.2 Å². The van der Waals surface area contributed by atoms with Crippen LogP contribution in [0.3, 0.4) is 0 Å². The van der Waals surface area contributed by atoms with Crippen LogP contribution in [-0.4, -0.2) is 17.7 Å². The molecule has 0 heterocycles. The van der Waals surface area contributed by atoms with Crippen molar-refractivity contribution >= 4 is 21.7 Å². The first-order valence-electron chi connectivity index (χ1n) is 4.69. The molecule has 0 aliphatic heterocycles. The van der Waals surface area contributed by atoms with Gasteiger partial charge in [-0.15, -0.1) is 0 Å². The predicted octanol–water partition coefficient (Wildman–Crippen LogP) is 3.22. The van der Waals surface area contributed by atoms with Crippen molar-refractivity contribution in [2.75, 3.05) is 11.9 Å². The van der Waals surface area contributed by atoms with E-state index in [0.717, 1.165) is 11.1 Å². The summed E-state index contributed by atoms with van der Waals surface area (Å²) in [5.74, 6) is 0.776. The highest BCUT2D eigenvalue weighted by molar-refractivity contribution is 9.09. The molecule has 2 nitrogen and oxygen atoms in total. The lowest BCUT2D eigenvalue weighted by atomic mass is 10.1. The van der Waals surface area contributed by atoms with Crippen LogP contribution in [0.5, 0.6) is 5.75 Å². The smallest absolute Gasteiger partial charge is 0.159 e. The molecule has 0 atom stereocenters. The van der Waals surface area contributed by atoms with Crippen molar-refractivity contribution in [2.24, 2.45) is 0 Å². The fraction of sp³-hybridized carbons (Fsp3) is 0.250. The molecule has 0 spiro atoms. The Morgan fingerprint density at radius 2 is 2.27 bits per heavy atom. The lowest BCUT2D eigenvalue weighted by Crippen LogP contribution is -1.96. The molecule has 0 radical (unpaired) electrons. The van der Waals surface area contributed by atoms with Gasteiger partial charge in [0.2, 0.25) is 0 Å². The second-order valence-corrected chi connectivity index (χ2v) is 3.67. The van der Waals surface area contributed by atoms with Gasteiger partial charge in [-0.05, 0) is 19.1 Å². The van der Waals surface area contributed by atoms with Crippen LogP contribution < -0.4 is 4.74 Å². The molecule has 0 N–H and O–H groups in total. The molecule has 0 amide bonds. The number of halogens is 1. The molecular weight excluding hydrogens is 256 g/mol. The second kappa shape index (κ2) is 6.40. The topological polar surface area (TPSA) is 26.3 Å². The van der Waals surface area contributed by atoms with Crippen LogP contribution in [0.2, 0.25) is 0 Å². The molecule has 3 heteroatoms. The Bertz CT molecular complexity index is 358. The highest BCUT2D eigenvalue weighted by Crippen LogP contribution is 2.13. The van der Waals surface area contributed by atoms with Gasteiger partial charge in [-0.3, -0.25) is 4.79 Å². The third kappa shape index (κ3) is 4.30. The maximum Gasteiger partial charge on any atom is 0.159 e. The van der Waals surface area contributed by atoms with Gasteiger partial charge in [-0.25, -0.2) is 0 Å². The van der Waals surface area contributed by atoms with E-state index >= 15 is 0 Å². The van der Waals surface area contributed by atoms with Crippen LogP contribution in [0.1, 0.15) is 17.3 Å². The van der Waals surface area contributed by atoms with Crippen LogP contribution in [-0.2, 0) is 0 Å². The number of Topliss-reactive ketones (excluding diaryl/α,β-unsaturated/α-hetero) is 1. The molecule has 0 aliphatic carbocycles. The molecule has 0 saturated carbocycles. The van der Waals surface area contributed by atoms with Gasteiger partial charge in [0.15, 0.2) is 5.78 Å². The summed E-state index contributed by atoms with van der Waals surface area (Å²) < 4.78 is 5.44. The predicted molar refractivity (Wildman–Crippen MR) is 64.9 cm³/mol. The molecule has 0 fully saturated rings. The first-order valence-corrected chi connectivity index (χ1v) is 5.81. The molecule has 80 valence electrons. The van der Waals surface area contributed by atoms with Gasteiger partial charge in [0.25, 0.3) is 0 Å². The Kier molecular flexibility index (Phi) is 5.12. The standard InChI is InChI=1S/C12H13BrO2/c1-10(14)11-5-4-6-12(9-11)15-8-3-2-7-13/h2-6,9H,7-8H2,1H3/b3-2+. The number of benzene rings is 1. The van der Waals surface area contributed by atoms with Crippen LogP contribution in [0.15, 0.2) is 36.4 Å². The number of ether oxygens (including phenoxy) is 1. The number of hydrogen-bond acceptors (Lipinski definition) is 2. The molecule has 0 aromatic heterocycles. The summed E-state index contributed by atoms with van der Waals surface area (Å²) in [6.45, 7) is 2.07.